The number of benzene rings is 1. The molecule has 1 heterocycles. The lowest BCUT2D eigenvalue weighted by Gasteiger charge is -2.14. The SMILES string of the molecule is CCNC(=O)[C@@H](C)OC(=O)c1ccccc1NC(=O)c1ccco1. The summed E-state index contributed by atoms with van der Waals surface area (Å²) in [6, 6.07) is 9.47. The van der Waals surface area contributed by atoms with Gasteiger partial charge in [-0.2, -0.15) is 0 Å². The predicted molar refractivity (Wildman–Crippen MR) is 86.7 cm³/mol. The maximum Gasteiger partial charge on any atom is 0.341 e. The normalized spacial score (nSPS) is 11.4. The first kappa shape index (κ1) is 17.3. The van der Waals surface area contributed by atoms with Gasteiger partial charge in [-0.25, -0.2) is 4.79 Å². The van der Waals surface area contributed by atoms with E-state index in [0.717, 1.165) is 0 Å². The van der Waals surface area contributed by atoms with Crippen LogP contribution in [-0.4, -0.2) is 30.4 Å². The van der Waals surface area contributed by atoms with Crippen LogP contribution in [0.5, 0.6) is 0 Å². The van der Waals surface area contributed by atoms with Crippen LogP contribution < -0.4 is 10.6 Å². The van der Waals surface area contributed by atoms with Gasteiger partial charge in [0, 0.05) is 6.54 Å². The minimum absolute atomic E-state index is 0.119. The van der Waals surface area contributed by atoms with Crippen molar-refractivity contribution in [3.63, 3.8) is 0 Å². The Morgan fingerprint density at radius 1 is 1.17 bits per heavy atom. The van der Waals surface area contributed by atoms with Crippen LogP contribution in [0.15, 0.2) is 47.1 Å². The molecule has 2 N–H and O–H groups in total. The molecule has 126 valence electrons. The molecule has 1 aromatic heterocycles. The Hall–Kier alpha value is -3.09. The van der Waals surface area contributed by atoms with Crippen LogP contribution in [0.3, 0.4) is 0 Å². The minimum atomic E-state index is -0.939. The third kappa shape index (κ3) is 4.22. The maximum atomic E-state index is 12.3. The summed E-state index contributed by atoms with van der Waals surface area (Å²) in [4.78, 5) is 36.0. The summed E-state index contributed by atoms with van der Waals surface area (Å²) < 4.78 is 10.1. The molecule has 0 spiro atoms. The summed E-state index contributed by atoms with van der Waals surface area (Å²) in [5.74, 6) is -1.46. The lowest BCUT2D eigenvalue weighted by Crippen LogP contribution is -2.35. The van der Waals surface area contributed by atoms with E-state index in [1.54, 1.807) is 31.2 Å². The fourth-order valence-corrected chi connectivity index (χ4v) is 1.96. The van der Waals surface area contributed by atoms with Gasteiger partial charge in [0.05, 0.1) is 17.5 Å². The molecule has 2 rings (SSSR count). The number of furan rings is 1. The van der Waals surface area contributed by atoms with Crippen LogP contribution in [0.1, 0.15) is 34.8 Å². The highest BCUT2D eigenvalue weighted by molar-refractivity contribution is 6.06. The summed E-state index contributed by atoms with van der Waals surface area (Å²) in [7, 11) is 0. The number of para-hydroxylation sites is 1. The number of hydrogen-bond acceptors (Lipinski definition) is 5. The van der Waals surface area contributed by atoms with Crippen molar-refractivity contribution in [1.29, 1.82) is 0 Å². The smallest absolute Gasteiger partial charge is 0.341 e. The van der Waals surface area contributed by atoms with Crippen LogP contribution in [0, 0.1) is 0 Å². The van der Waals surface area contributed by atoms with E-state index in [2.05, 4.69) is 10.6 Å². The molecular weight excluding hydrogens is 312 g/mol. The molecule has 2 amide bonds. The van der Waals surface area contributed by atoms with Crippen molar-refractivity contribution in [2.45, 2.75) is 20.0 Å². The Morgan fingerprint density at radius 2 is 1.92 bits per heavy atom. The van der Waals surface area contributed by atoms with E-state index in [1.807, 2.05) is 0 Å². The van der Waals surface area contributed by atoms with E-state index in [0.29, 0.717) is 6.54 Å². The summed E-state index contributed by atoms with van der Waals surface area (Å²) in [6.45, 7) is 3.69. The molecule has 0 radical (unpaired) electrons. The Labute approximate surface area is 139 Å². The number of amides is 2. The molecule has 1 atom stereocenters. The molecule has 7 heteroatoms. The van der Waals surface area contributed by atoms with Crippen LogP contribution >= 0.6 is 0 Å². The molecule has 0 fully saturated rings. The molecule has 0 unspecified atom stereocenters. The fourth-order valence-electron chi connectivity index (χ4n) is 1.96. The summed E-state index contributed by atoms with van der Waals surface area (Å²) in [6.07, 6.45) is 0.439. The van der Waals surface area contributed by atoms with Gasteiger partial charge in [-0.05, 0) is 38.1 Å². The van der Waals surface area contributed by atoms with E-state index in [4.69, 9.17) is 9.15 Å². The van der Waals surface area contributed by atoms with Crippen molar-refractivity contribution in [1.82, 2.24) is 5.32 Å². The molecule has 0 aliphatic carbocycles. The molecule has 0 aliphatic heterocycles. The number of nitrogens with one attached hydrogen (secondary N) is 2. The second kappa shape index (κ2) is 7.96. The van der Waals surface area contributed by atoms with Crippen molar-refractivity contribution < 1.29 is 23.5 Å². The van der Waals surface area contributed by atoms with E-state index in [9.17, 15) is 14.4 Å². The van der Waals surface area contributed by atoms with Crippen LogP contribution in [0.2, 0.25) is 0 Å². The summed E-state index contributed by atoms with van der Waals surface area (Å²) in [5, 5.41) is 5.16. The van der Waals surface area contributed by atoms with Crippen molar-refractivity contribution in [3.8, 4) is 0 Å². The number of likely N-dealkylation sites (N-methyl/N-ethyl adjacent to an activating group) is 1. The van der Waals surface area contributed by atoms with Crippen LogP contribution in [-0.2, 0) is 9.53 Å². The van der Waals surface area contributed by atoms with Gasteiger partial charge < -0.3 is 19.8 Å². The van der Waals surface area contributed by atoms with Gasteiger partial charge in [0.1, 0.15) is 0 Å². The van der Waals surface area contributed by atoms with Gasteiger partial charge in [-0.3, -0.25) is 9.59 Å². The number of carbonyl (C=O) groups is 3. The monoisotopic (exact) mass is 330 g/mol. The van der Waals surface area contributed by atoms with E-state index in [-0.39, 0.29) is 22.9 Å². The number of hydrogen-bond donors (Lipinski definition) is 2. The highest BCUT2D eigenvalue weighted by Crippen LogP contribution is 2.18. The molecule has 0 saturated carbocycles. The topological polar surface area (TPSA) is 97.6 Å². The molecule has 24 heavy (non-hydrogen) atoms. The van der Waals surface area contributed by atoms with Crippen LogP contribution in [0.4, 0.5) is 5.69 Å². The first-order valence-corrected chi connectivity index (χ1v) is 7.45. The zero-order valence-corrected chi connectivity index (χ0v) is 13.4. The minimum Gasteiger partial charge on any atom is -0.459 e. The summed E-state index contributed by atoms with van der Waals surface area (Å²) >= 11 is 0. The van der Waals surface area contributed by atoms with Gasteiger partial charge in [-0.15, -0.1) is 0 Å². The lowest BCUT2D eigenvalue weighted by atomic mass is 10.1. The Balaban J connectivity index is 2.11. The Kier molecular flexibility index (Phi) is 5.73. The average molecular weight is 330 g/mol. The highest BCUT2D eigenvalue weighted by Gasteiger charge is 2.21. The fraction of sp³-hybridized carbons (Fsp3) is 0.235. The van der Waals surface area contributed by atoms with Gasteiger partial charge in [0.25, 0.3) is 11.8 Å². The third-order valence-electron chi connectivity index (χ3n) is 3.14. The molecule has 1 aromatic carbocycles. The van der Waals surface area contributed by atoms with Crippen molar-refractivity contribution in [3.05, 3.63) is 54.0 Å². The largest absolute Gasteiger partial charge is 0.459 e. The van der Waals surface area contributed by atoms with E-state index < -0.39 is 18.0 Å². The first-order chi connectivity index (χ1) is 11.5. The van der Waals surface area contributed by atoms with Crippen molar-refractivity contribution >= 4 is 23.5 Å². The predicted octanol–water partition coefficient (Wildman–Crippen LogP) is 2.21. The molecule has 0 bridgehead atoms. The number of anilines is 1. The molecule has 0 aliphatic rings. The van der Waals surface area contributed by atoms with Crippen molar-refractivity contribution in [2.75, 3.05) is 11.9 Å². The van der Waals surface area contributed by atoms with E-state index >= 15 is 0 Å². The Bertz CT molecular complexity index is 724. The summed E-state index contributed by atoms with van der Waals surface area (Å²) in [5.41, 5.74) is 0.417. The first-order valence-electron chi connectivity index (χ1n) is 7.45. The quantitative estimate of drug-likeness (QED) is 0.791. The van der Waals surface area contributed by atoms with Gasteiger partial charge >= 0.3 is 5.97 Å². The highest BCUT2D eigenvalue weighted by atomic mass is 16.5. The number of carbonyl (C=O) groups excluding carboxylic acids is 3. The molecule has 0 saturated heterocycles. The van der Waals surface area contributed by atoms with Crippen LogP contribution in [0.25, 0.3) is 0 Å². The number of ether oxygens (including phenoxy) is 1. The number of esters is 1. The second-order valence-corrected chi connectivity index (χ2v) is 4.92. The molecular formula is C17H18N2O5. The lowest BCUT2D eigenvalue weighted by molar-refractivity contribution is -0.128. The molecule has 7 nitrogen and oxygen atoms in total. The number of rotatable bonds is 6. The zero-order chi connectivity index (χ0) is 17.5. The van der Waals surface area contributed by atoms with Gasteiger partial charge in [-0.1, -0.05) is 12.1 Å². The average Bonchev–Trinajstić information content (AvgIpc) is 3.10. The van der Waals surface area contributed by atoms with Gasteiger partial charge in [0.15, 0.2) is 11.9 Å². The maximum absolute atomic E-state index is 12.3. The van der Waals surface area contributed by atoms with Gasteiger partial charge in [0.2, 0.25) is 0 Å². The third-order valence-corrected chi connectivity index (χ3v) is 3.14. The standard InChI is InChI=1S/C17H18N2O5/c1-3-18-15(20)11(2)24-17(22)12-7-4-5-8-13(12)19-16(21)14-9-6-10-23-14/h4-11H,3H2,1-2H3,(H,18,20)(H,19,21)/t11-/m1/s1. The molecule has 2 aromatic rings. The second-order valence-electron chi connectivity index (χ2n) is 4.92. The zero-order valence-electron chi connectivity index (χ0n) is 13.4. The van der Waals surface area contributed by atoms with Crippen molar-refractivity contribution in [2.24, 2.45) is 0 Å². The van der Waals surface area contributed by atoms with E-state index in [1.165, 1.54) is 25.3 Å². The Morgan fingerprint density at radius 3 is 2.58 bits per heavy atom.